The van der Waals surface area contributed by atoms with Crippen LogP contribution in [0.15, 0.2) is 58.6 Å². The highest BCUT2D eigenvalue weighted by Crippen LogP contribution is 2.44. The number of thioether (sulfide) groups is 1. The van der Waals surface area contributed by atoms with E-state index in [0.717, 1.165) is 6.42 Å². The van der Waals surface area contributed by atoms with Gasteiger partial charge in [-0.25, -0.2) is 4.98 Å². The number of nitriles is 1. The van der Waals surface area contributed by atoms with Crippen LogP contribution in [0.25, 0.3) is 17.1 Å². The van der Waals surface area contributed by atoms with Crippen LogP contribution in [0.2, 0.25) is 0 Å². The second-order valence-electron chi connectivity index (χ2n) is 8.20. The van der Waals surface area contributed by atoms with Crippen LogP contribution in [0.5, 0.6) is 5.75 Å². The number of pyridine rings is 2. The van der Waals surface area contributed by atoms with Gasteiger partial charge >= 0.3 is 0 Å². The Morgan fingerprint density at radius 3 is 2.85 bits per heavy atom. The van der Waals surface area contributed by atoms with Crippen LogP contribution >= 0.6 is 11.8 Å². The highest BCUT2D eigenvalue weighted by molar-refractivity contribution is 8.18. The third-order valence-electron chi connectivity index (χ3n) is 5.36. The number of amidine groups is 1. The van der Waals surface area contributed by atoms with E-state index in [-0.39, 0.29) is 18.1 Å². The highest BCUT2D eigenvalue weighted by atomic mass is 32.2. The van der Waals surface area contributed by atoms with E-state index >= 15 is 0 Å². The van der Waals surface area contributed by atoms with Gasteiger partial charge in [-0.05, 0) is 55.8 Å². The van der Waals surface area contributed by atoms with Crippen LogP contribution in [0.3, 0.4) is 0 Å². The lowest BCUT2D eigenvalue weighted by atomic mass is 10.1. The maximum atomic E-state index is 12.5. The summed E-state index contributed by atoms with van der Waals surface area (Å²) in [4.78, 5) is 26.7. The number of nitrogens with one attached hydrogen (secondary N) is 1. The molecule has 1 aliphatic carbocycles. The second-order valence-corrected chi connectivity index (χ2v) is 9.23. The Labute approximate surface area is 195 Å². The standard InChI is InChI=1S/C25H21N5O2S/c1-14(2)32-23-16(12-26)13-27-19-9-8-17(28-22(19)23)10-21-24(31)30-25(33-21)29-20-11-18(20)15-6-4-3-5-7-15/h3-10,13-14,18,20H,11H2,1-2H3,(H,29,30,31)/b21-10-/t18-,20-/m0/s1. The maximum Gasteiger partial charge on any atom is 0.264 e. The molecule has 1 aromatic carbocycles. The molecule has 1 amide bonds. The lowest BCUT2D eigenvalue weighted by Gasteiger charge is -2.13. The number of amides is 1. The van der Waals surface area contributed by atoms with Crippen molar-refractivity contribution in [1.82, 2.24) is 15.3 Å². The van der Waals surface area contributed by atoms with Crippen LogP contribution < -0.4 is 10.1 Å². The van der Waals surface area contributed by atoms with Gasteiger partial charge in [0.05, 0.1) is 28.3 Å². The topological polar surface area (TPSA) is 100 Å². The molecule has 2 fully saturated rings. The molecule has 2 atom stereocenters. The smallest absolute Gasteiger partial charge is 0.264 e. The lowest BCUT2D eigenvalue weighted by molar-refractivity contribution is -0.115. The van der Waals surface area contributed by atoms with E-state index in [4.69, 9.17) is 9.73 Å². The molecule has 33 heavy (non-hydrogen) atoms. The first-order chi connectivity index (χ1) is 16.0. The minimum atomic E-state index is -0.194. The minimum absolute atomic E-state index is 0.122. The summed E-state index contributed by atoms with van der Waals surface area (Å²) in [5.41, 5.74) is 3.31. The van der Waals surface area contributed by atoms with Crippen molar-refractivity contribution in [1.29, 1.82) is 5.26 Å². The number of ether oxygens (including phenoxy) is 1. The first kappa shape index (κ1) is 21.2. The summed E-state index contributed by atoms with van der Waals surface area (Å²) in [6.45, 7) is 3.78. The summed E-state index contributed by atoms with van der Waals surface area (Å²) in [6, 6.07) is 16.2. The molecular weight excluding hydrogens is 434 g/mol. The van der Waals surface area contributed by atoms with Crippen LogP contribution in [0, 0.1) is 11.3 Å². The molecule has 7 nitrogen and oxygen atoms in total. The number of carbonyl (C=O) groups is 1. The van der Waals surface area contributed by atoms with Crippen molar-refractivity contribution in [3.8, 4) is 11.8 Å². The Morgan fingerprint density at radius 2 is 2.09 bits per heavy atom. The van der Waals surface area contributed by atoms with Gasteiger partial charge in [-0.1, -0.05) is 30.3 Å². The Hall–Kier alpha value is -3.70. The molecule has 1 N–H and O–H groups in total. The van der Waals surface area contributed by atoms with Crippen molar-refractivity contribution in [2.75, 3.05) is 0 Å². The largest absolute Gasteiger partial charge is 0.487 e. The number of nitrogens with zero attached hydrogens (tertiary/aromatic N) is 4. The van der Waals surface area contributed by atoms with Gasteiger partial charge < -0.3 is 10.1 Å². The molecule has 3 heterocycles. The highest BCUT2D eigenvalue weighted by Gasteiger charge is 2.39. The van der Waals surface area contributed by atoms with E-state index in [9.17, 15) is 10.1 Å². The molecule has 0 spiro atoms. The molecule has 164 valence electrons. The predicted octanol–water partition coefficient (Wildman–Crippen LogP) is 4.40. The monoisotopic (exact) mass is 455 g/mol. The number of benzene rings is 1. The van der Waals surface area contributed by atoms with E-state index in [1.54, 1.807) is 12.1 Å². The molecule has 0 radical (unpaired) electrons. The molecule has 0 unspecified atom stereocenters. The van der Waals surface area contributed by atoms with Crippen molar-refractivity contribution in [2.45, 2.75) is 38.3 Å². The summed E-state index contributed by atoms with van der Waals surface area (Å²) < 4.78 is 5.86. The fraction of sp³-hybridized carbons (Fsp3) is 0.240. The summed E-state index contributed by atoms with van der Waals surface area (Å²) >= 11 is 1.32. The number of aliphatic imine (C=N–C) groups is 1. The molecule has 2 aliphatic rings. The average molecular weight is 456 g/mol. The quantitative estimate of drug-likeness (QED) is 0.572. The van der Waals surface area contributed by atoms with Crippen molar-refractivity contribution < 1.29 is 9.53 Å². The van der Waals surface area contributed by atoms with Gasteiger partial charge in [0.2, 0.25) is 0 Å². The van der Waals surface area contributed by atoms with Gasteiger partial charge in [0.1, 0.15) is 17.1 Å². The summed E-state index contributed by atoms with van der Waals surface area (Å²) in [7, 11) is 0. The first-order valence-electron chi connectivity index (χ1n) is 10.7. The molecule has 0 bridgehead atoms. The zero-order valence-electron chi connectivity index (χ0n) is 18.1. The fourth-order valence-electron chi connectivity index (χ4n) is 3.73. The van der Waals surface area contributed by atoms with E-state index < -0.39 is 0 Å². The summed E-state index contributed by atoms with van der Waals surface area (Å²) in [5.74, 6) is 0.622. The van der Waals surface area contributed by atoms with Crippen LogP contribution in [-0.2, 0) is 4.79 Å². The minimum Gasteiger partial charge on any atom is -0.487 e. The summed E-state index contributed by atoms with van der Waals surface area (Å²) in [6.07, 6.45) is 4.08. The van der Waals surface area contributed by atoms with E-state index in [2.05, 4.69) is 33.5 Å². The average Bonchev–Trinajstić information content (AvgIpc) is 3.49. The third kappa shape index (κ3) is 4.45. The maximum absolute atomic E-state index is 12.5. The zero-order valence-corrected chi connectivity index (χ0v) is 19.0. The van der Waals surface area contributed by atoms with Crippen LogP contribution in [0.1, 0.15) is 43.0 Å². The number of rotatable bonds is 5. The normalized spacial score (nSPS) is 22.1. The SMILES string of the molecule is CC(C)Oc1c(C#N)cnc2ccc(/C=C3\SC(=N[C@H]4C[C@H]4c4ccccc4)NC3=O)nc12. The Balaban J connectivity index is 1.39. The number of hydrogen-bond acceptors (Lipinski definition) is 7. The molecule has 8 heteroatoms. The van der Waals surface area contributed by atoms with E-state index in [1.807, 2.05) is 38.1 Å². The van der Waals surface area contributed by atoms with Crippen LogP contribution in [-0.4, -0.2) is 33.2 Å². The second kappa shape index (κ2) is 8.68. The van der Waals surface area contributed by atoms with Crippen molar-refractivity contribution in [3.05, 3.63) is 70.4 Å². The Bertz CT molecular complexity index is 1340. The Morgan fingerprint density at radius 1 is 1.27 bits per heavy atom. The fourth-order valence-corrected chi connectivity index (χ4v) is 4.59. The number of hydrogen-bond donors (Lipinski definition) is 1. The lowest BCUT2D eigenvalue weighted by Crippen LogP contribution is -2.20. The van der Waals surface area contributed by atoms with Crippen molar-refractivity contribution in [3.63, 3.8) is 0 Å². The van der Waals surface area contributed by atoms with E-state index in [0.29, 0.717) is 44.0 Å². The van der Waals surface area contributed by atoms with Gasteiger partial charge in [-0.3, -0.25) is 14.8 Å². The Kier molecular flexibility index (Phi) is 5.56. The molecule has 1 saturated heterocycles. The van der Waals surface area contributed by atoms with Gasteiger partial charge in [0.25, 0.3) is 5.91 Å². The van der Waals surface area contributed by atoms with Gasteiger partial charge in [0, 0.05) is 12.1 Å². The third-order valence-corrected chi connectivity index (χ3v) is 6.28. The number of fused-ring (bicyclic) bond motifs is 1. The molecule has 1 saturated carbocycles. The molecule has 5 rings (SSSR count). The predicted molar refractivity (Wildman–Crippen MR) is 129 cm³/mol. The van der Waals surface area contributed by atoms with Crippen LogP contribution in [0.4, 0.5) is 0 Å². The van der Waals surface area contributed by atoms with Gasteiger partial charge in [-0.2, -0.15) is 5.26 Å². The van der Waals surface area contributed by atoms with Crippen molar-refractivity contribution in [2.24, 2.45) is 4.99 Å². The molecule has 2 aromatic heterocycles. The van der Waals surface area contributed by atoms with Crippen molar-refractivity contribution >= 4 is 39.9 Å². The number of carbonyl (C=O) groups excluding carboxylic acids is 1. The van der Waals surface area contributed by atoms with Gasteiger partial charge in [0.15, 0.2) is 10.9 Å². The van der Waals surface area contributed by atoms with E-state index in [1.165, 1.54) is 23.5 Å². The van der Waals surface area contributed by atoms with Gasteiger partial charge in [-0.15, -0.1) is 0 Å². The molecular formula is C25H21N5O2S. The number of aromatic nitrogens is 2. The zero-order chi connectivity index (χ0) is 22.9. The summed E-state index contributed by atoms with van der Waals surface area (Å²) in [5, 5.41) is 12.9. The molecule has 3 aromatic rings. The first-order valence-corrected chi connectivity index (χ1v) is 11.5. The molecule has 1 aliphatic heterocycles.